The van der Waals surface area contributed by atoms with Crippen LogP contribution in [-0.4, -0.2) is 10.2 Å². The van der Waals surface area contributed by atoms with E-state index >= 15 is 0 Å². The van der Waals surface area contributed by atoms with Crippen LogP contribution in [0, 0.1) is 11.3 Å². The van der Waals surface area contributed by atoms with Gasteiger partial charge in [-0.25, -0.2) is 0 Å². The largest absolute Gasteiger partial charge is 0.420 e. The average molecular weight is 335 g/mol. The van der Waals surface area contributed by atoms with Gasteiger partial charge in [-0.15, -0.1) is 5.10 Å². The Labute approximate surface area is 137 Å². The van der Waals surface area contributed by atoms with Crippen molar-refractivity contribution in [3.8, 4) is 11.9 Å². The molecule has 1 aliphatic rings. The van der Waals surface area contributed by atoms with Gasteiger partial charge in [0.1, 0.15) is 11.6 Å². The summed E-state index contributed by atoms with van der Waals surface area (Å²) in [6, 6.07) is 7.32. The monoisotopic (exact) mass is 334 g/mol. The molecule has 0 aliphatic carbocycles. The molecular weight excluding hydrogens is 323 g/mol. The van der Waals surface area contributed by atoms with Crippen molar-refractivity contribution in [2.75, 3.05) is 0 Å². The first-order chi connectivity index (χ1) is 10.6. The van der Waals surface area contributed by atoms with E-state index in [1.807, 2.05) is 6.92 Å². The van der Waals surface area contributed by atoms with Gasteiger partial charge < -0.3 is 10.5 Å². The van der Waals surface area contributed by atoms with Gasteiger partial charge in [0, 0.05) is 21.3 Å². The lowest BCUT2D eigenvalue weighted by Crippen LogP contribution is -2.21. The Kier molecular flexibility index (Phi) is 3.73. The number of hydrogen-bond donors (Lipinski definition) is 2. The Bertz CT molecular complexity index is 799. The summed E-state index contributed by atoms with van der Waals surface area (Å²) >= 11 is 12.7. The minimum absolute atomic E-state index is 0.0186. The third-order valence-electron chi connectivity index (χ3n) is 3.66. The fourth-order valence-electron chi connectivity index (χ4n) is 2.65. The molecule has 2 heterocycles. The van der Waals surface area contributed by atoms with E-state index in [2.05, 4.69) is 16.3 Å². The van der Waals surface area contributed by atoms with Crippen molar-refractivity contribution in [2.45, 2.75) is 19.3 Å². The zero-order chi connectivity index (χ0) is 15.9. The van der Waals surface area contributed by atoms with Crippen LogP contribution in [0.4, 0.5) is 0 Å². The highest BCUT2D eigenvalue weighted by Gasteiger charge is 2.36. The van der Waals surface area contributed by atoms with Crippen LogP contribution in [0.5, 0.6) is 5.88 Å². The molecule has 1 aromatic heterocycles. The molecular formula is C15H12Cl2N4O. The maximum Gasteiger partial charge on any atom is 0.244 e. The Morgan fingerprint density at radius 3 is 2.64 bits per heavy atom. The number of nitrogens with two attached hydrogens (primary N) is 1. The van der Waals surface area contributed by atoms with Gasteiger partial charge in [0.2, 0.25) is 11.8 Å². The first-order valence-electron chi connectivity index (χ1n) is 6.67. The van der Waals surface area contributed by atoms with E-state index in [-0.39, 0.29) is 11.5 Å². The molecule has 0 spiro atoms. The first kappa shape index (κ1) is 14.8. The maximum absolute atomic E-state index is 9.52. The van der Waals surface area contributed by atoms with Crippen LogP contribution >= 0.6 is 23.2 Å². The van der Waals surface area contributed by atoms with Crippen molar-refractivity contribution in [3.63, 3.8) is 0 Å². The molecule has 3 N–H and O–H groups in total. The van der Waals surface area contributed by atoms with Crippen molar-refractivity contribution >= 4 is 23.2 Å². The molecule has 0 saturated carbocycles. The third-order valence-corrected chi connectivity index (χ3v) is 4.32. The number of benzene rings is 1. The van der Waals surface area contributed by atoms with Gasteiger partial charge in [0.15, 0.2) is 0 Å². The second-order valence-corrected chi connectivity index (χ2v) is 5.65. The molecule has 0 radical (unpaired) electrons. The van der Waals surface area contributed by atoms with Gasteiger partial charge in [0.25, 0.3) is 0 Å². The number of nitrogens with one attached hydrogen (secondary N) is 1. The molecule has 0 bridgehead atoms. The van der Waals surface area contributed by atoms with Crippen molar-refractivity contribution in [1.29, 1.82) is 5.26 Å². The number of fused-ring (bicyclic) bond motifs is 1. The van der Waals surface area contributed by atoms with Crippen LogP contribution < -0.4 is 10.5 Å². The van der Waals surface area contributed by atoms with Gasteiger partial charge in [-0.2, -0.15) is 5.26 Å². The number of aromatic nitrogens is 2. The highest BCUT2D eigenvalue weighted by Crippen LogP contribution is 2.46. The molecule has 1 aromatic carbocycles. The number of halogens is 2. The zero-order valence-corrected chi connectivity index (χ0v) is 13.2. The summed E-state index contributed by atoms with van der Waals surface area (Å²) in [6.07, 6.45) is 0.697. The van der Waals surface area contributed by atoms with E-state index < -0.39 is 5.92 Å². The second-order valence-electron chi connectivity index (χ2n) is 4.83. The number of rotatable bonds is 2. The summed E-state index contributed by atoms with van der Waals surface area (Å²) in [5.41, 5.74) is 8.40. The predicted molar refractivity (Wildman–Crippen MR) is 83.7 cm³/mol. The minimum atomic E-state index is -0.497. The summed E-state index contributed by atoms with van der Waals surface area (Å²) in [7, 11) is 0. The van der Waals surface area contributed by atoms with Crippen molar-refractivity contribution < 1.29 is 4.74 Å². The fraction of sp³-hybridized carbons (Fsp3) is 0.200. The van der Waals surface area contributed by atoms with Crippen molar-refractivity contribution in [1.82, 2.24) is 10.2 Å². The van der Waals surface area contributed by atoms with E-state index in [4.69, 9.17) is 33.7 Å². The van der Waals surface area contributed by atoms with E-state index in [0.29, 0.717) is 27.9 Å². The molecule has 22 heavy (non-hydrogen) atoms. The van der Waals surface area contributed by atoms with Crippen LogP contribution in [0.2, 0.25) is 10.0 Å². The smallest absolute Gasteiger partial charge is 0.244 e. The summed E-state index contributed by atoms with van der Waals surface area (Å²) in [5.74, 6) is -0.122. The van der Waals surface area contributed by atoms with Crippen LogP contribution in [0.25, 0.3) is 0 Å². The Balaban J connectivity index is 2.33. The van der Waals surface area contributed by atoms with Gasteiger partial charge in [0.05, 0.1) is 11.5 Å². The number of aromatic amines is 1. The second kappa shape index (κ2) is 5.56. The van der Waals surface area contributed by atoms with E-state index in [1.54, 1.807) is 18.2 Å². The lowest BCUT2D eigenvalue weighted by Gasteiger charge is -2.25. The van der Waals surface area contributed by atoms with Crippen LogP contribution in [-0.2, 0) is 6.42 Å². The van der Waals surface area contributed by atoms with Crippen LogP contribution in [0.15, 0.2) is 29.7 Å². The van der Waals surface area contributed by atoms with Crippen LogP contribution in [0.3, 0.4) is 0 Å². The van der Waals surface area contributed by atoms with E-state index in [1.165, 1.54) is 0 Å². The summed E-state index contributed by atoms with van der Waals surface area (Å²) in [6.45, 7) is 1.98. The number of ether oxygens (including phenoxy) is 1. The first-order valence-corrected chi connectivity index (χ1v) is 7.42. The molecule has 0 unspecified atom stereocenters. The van der Waals surface area contributed by atoms with Crippen LogP contribution in [0.1, 0.15) is 29.7 Å². The normalized spacial score (nSPS) is 16.9. The SMILES string of the molecule is CCc1[nH]nc2c1[C@H](c1c(Cl)cccc1Cl)C(C#N)=C(N)O2. The topological polar surface area (TPSA) is 87.7 Å². The van der Waals surface area contributed by atoms with E-state index in [9.17, 15) is 5.26 Å². The quantitative estimate of drug-likeness (QED) is 0.879. The Morgan fingerprint density at radius 2 is 2.05 bits per heavy atom. The standard InChI is InChI=1S/C15H12Cl2N4O/c1-2-10-13-11(12-8(16)4-3-5-9(12)17)7(6-18)14(19)22-15(13)21-20-10/h3-5,11H,2,19H2,1H3,(H,20,21)/t11-/m0/s1. The zero-order valence-electron chi connectivity index (χ0n) is 11.7. The molecule has 112 valence electrons. The molecule has 5 nitrogen and oxygen atoms in total. The van der Waals surface area contributed by atoms with Gasteiger partial charge in [-0.3, -0.25) is 5.10 Å². The molecule has 1 atom stereocenters. The van der Waals surface area contributed by atoms with Crippen molar-refractivity contribution in [2.24, 2.45) is 5.73 Å². The number of H-pyrrole nitrogens is 1. The molecule has 0 amide bonds. The molecule has 2 aromatic rings. The molecule has 7 heteroatoms. The number of aryl methyl sites for hydroxylation is 1. The maximum atomic E-state index is 9.52. The number of allylic oxidation sites excluding steroid dienone is 1. The number of nitrogens with zero attached hydrogens (tertiary/aromatic N) is 2. The van der Waals surface area contributed by atoms with Gasteiger partial charge >= 0.3 is 0 Å². The van der Waals surface area contributed by atoms with Gasteiger partial charge in [-0.1, -0.05) is 36.2 Å². The molecule has 1 aliphatic heterocycles. The molecule has 0 saturated heterocycles. The summed E-state index contributed by atoms with van der Waals surface area (Å²) in [5, 5.41) is 17.5. The Morgan fingerprint density at radius 1 is 1.36 bits per heavy atom. The van der Waals surface area contributed by atoms with E-state index in [0.717, 1.165) is 11.3 Å². The molecule has 3 rings (SSSR count). The predicted octanol–water partition coefficient (Wildman–Crippen LogP) is 3.50. The highest BCUT2D eigenvalue weighted by atomic mass is 35.5. The summed E-state index contributed by atoms with van der Waals surface area (Å²) in [4.78, 5) is 0. The van der Waals surface area contributed by atoms with Gasteiger partial charge in [-0.05, 0) is 18.6 Å². The lowest BCUT2D eigenvalue weighted by atomic mass is 9.83. The van der Waals surface area contributed by atoms with Crippen molar-refractivity contribution in [3.05, 3.63) is 56.5 Å². The average Bonchev–Trinajstić information content (AvgIpc) is 2.89. The minimum Gasteiger partial charge on any atom is -0.420 e. The third kappa shape index (κ3) is 2.12. The fourth-order valence-corrected chi connectivity index (χ4v) is 3.27. The summed E-state index contributed by atoms with van der Waals surface area (Å²) < 4.78 is 5.46. The Hall–Kier alpha value is -2.16. The molecule has 0 fully saturated rings. The number of hydrogen-bond acceptors (Lipinski definition) is 4. The lowest BCUT2D eigenvalue weighted by molar-refractivity contribution is 0.378. The highest BCUT2D eigenvalue weighted by molar-refractivity contribution is 6.36. The number of nitriles is 1.